The van der Waals surface area contributed by atoms with Crippen LogP contribution in [0.25, 0.3) is 0 Å². The second-order valence-corrected chi connectivity index (χ2v) is 10.0. The summed E-state index contributed by atoms with van der Waals surface area (Å²) in [4.78, 5) is 10.7. The van der Waals surface area contributed by atoms with Crippen molar-refractivity contribution in [3.63, 3.8) is 0 Å². The lowest BCUT2D eigenvalue weighted by Crippen LogP contribution is -2.47. The maximum atomic E-state index is 13.0. The summed E-state index contributed by atoms with van der Waals surface area (Å²) < 4.78 is 110. The molecule has 1 aromatic rings. The van der Waals surface area contributed by atoms with Crippen molar-refractivity contribution in [2.45, 2.75) is 62.5 Å². The van der Waals surface area contributed by atoms with Crippen molar-refractivity contribution in [3.8, 4) is 0 Å². The zero-order valence-electron chi connectivity index (χ0n) is 16.9. The Hall–Kier alpha value is -2.02. The Morgan fingerprint density at radius 3 is 1.81 bits per heavy atom. The van der Waals surface area contributed by atoms with Gasteiger partial charge in [0, 0.05) is 19.1 Å². The van der Waals surface area contributed by atoms with Crippen molar-refractivity contribution in [2.24, 2.45) is 0 Å². The molecule has 0 aliphatic carbocycles. The molecule has 1 amide bonds. The summed E-state index contributed by atoms with van der Waals surface area (Å²) in [6.45, 7) is 4.59. The molecule has 13 heteroatoms. The summed E-state index contributed by atoms with van der Waals surface area (Å²) in [7, 11) is -4.62. The van der Waals surface area contributed by atoms with Gasteiger partial charge in [0.1, 0.15) is 5.60 Å². The molecule has 0 bridgehead atoms. The number of ether oxygens (including phenoxy) is 1. The van der Waals surface area contributed by atoms with Gasteiger partial charge < -0.3 is 10.1 Å². The first-order valence-corrected chi connectivity index (χ1v) is 10.6. The van der Waals surface area contributed by atoms with Gasteiger partial charge in [0.15, 0.2) is 0 Å². The lowest BCUT2D eigenvalue weighted by Gasteiger charge is -2.32. The van der Waals surface area contributed by atoms with E-state index in [1.807, 2.05) is 0 Å². The molecule has 0 radical (unpaired) electrons. The Labute approximate surface area is 175 Å². The van der Waals surface area contributed by atoms with E-state index in [-0.39, 0.29) is 44.1 Å². The highest BCUT2D eigenvalue weighted by atomic mass is 32.2. The van der Waals surface area contributed by atoms with Gasteiger partial charge in [0.05, 0.1) is 16.0 Å². The summed E-state index contributed by atoms with van der Waals surface area (Å²) in [6.07, 6.45) is -10.8. The average Bonchev–Trinajstić information content (AvgIpc) is 2.58. The Bertz CT molecular complexity index is 882. The predicted octanol–water partition coefficient (Wildman–Crippen LogP) is 4.40. The Kier molecular flexibility index (Phi) is 6.91. The van der Waals surface area contributed by atoms with Crippen molar-refractivity contribution >= 4 is 16.1 Å². The number of benzene rings is 1. The minimum absolute atomic E-state index is 0.115. The smallest absolute Gasteiger partial charge is 0.416 e. The molecule has 6 nitrogen and oxygen atoms in total. The fourth-order valence-electron chi connectivity index (χ4n) is 2.94. The van der Waals surface area contributed by atoms with Gasteiger partial charge in [-0.2, -0.15) is 30.6 Å². The quantitative estimate of drug-likeness (QED) is 0.657. The lowest BCUT2D eigenvalue weighted by atomic mass is 10.1. The van der Waals surface area contributed by atoms with Gasteiger partial charge in [-0.25, -0.2) is 13.2 Å². The van der Waals surface area contributed by atoms with Crippen LogP contribution in [-0.2, 0) is 27.1 Å². The second kappa shape index (κ2) is 8.49. The molecule has 1 aliphatic heterocycles. The Balaban J connectivity index is 2.21. The number of carbonyl (C=O) groups excluding carboxylic acids is 1. The minimum Gasteiger partial charge on any atom is -0.444 e. The van der Waals surface area contributed by atoms with Crippen LogP contribution in [0.5, 0.6) is 0 Å². The zero-order valence-corrected chi connectivity index (χ0v) is 17.7. The summed E-state index contributed by atoms with van der Waals surface area (Å²) in [5, 5.41) is 2.57. The molecule has 0 saturated carbocycles. The first-order chi connectivity index (χ1) is 13.9. The fraction of sp³-hybridized carbons (Fsp3) is 0.611. The van der Waals surface area contributed by atoms with E-state index in [0.717, 1.165) is 4.31 Å². The summed E-state index contributed by atoms with van der Waals surface area (Å²) >= 11 is 0. The number of alkyl carbamates (subject to hydrolysis) is 1. The molecule has 1 saturated heterocycles. The molecule has 1 heterocycles. The van der Waals surface area contributed by atoms with Crippen LogP contribution in [0.15, 0.2) is 23.1 Å². The maximum Gasteiger partial charge on any atom is 0.416 e. The number of piperidine rings is 1. The van der Waals surface area contributed by atoms with E-state index in [9.17, 15) is 39.6 Å². The Morgan fingerprint density at radius 2 is 1.42 bits per heavy atom. The van der Waals surface area contributed by atoms with Crippen molar-refractivity contribution < 1.29 is 44.3 Å². The first-order valence-electron chi connectivity index (χ1n) is 9.19. The largest absolute Gasteiger partial charge is 0.444 e. The van der Waals surface area contributed by atoms with E-state index >= 15 is 0 Å². The van der Waals surface area contributed by atoms with E-state index < -0.39 is 56.1 Å². The molecule has 176 valence electrons. The average molecular weight is 476 g/mol. The topological polar surface area (TPSA) is 75.7 Å². The number of hydrogen-bond donors (Lipinski definition) is 1. The number of hydrogen-bond acceptors (Lipinski definition) is 4. The number of alkyl halides is 6. The van der Waals surface area contributed by atoms with Gasteiger partial charge in [-0.15, -0.1) is 0 Å². The fourth-order valence-corrected chi connectivity index (χ4v) is 4.48. The minimum atomic E-state index is -5.16. The Morgan fingerprint density at radius 1 is 0.968 bits per heavy atom. The number of halogens is 6. The number of rotatable bonds is 3. The molecular weight excluding hydrogens is 454 g/mol. The molecule has 1 fully saturated rings. The molecule has 0 spiro atoms. The third-order valence-corrected chi connectivity index (χ3v) is 6.25. The predicted molar refractivity (Wildman–Crippen MR) is 97.6 cm³/mol. The number of sulfonamides is 1. The summed E-state index contributed by atoms with van der Waals surface area (Å²) in [5.41, 5.74) is -4.15. The van der Waals surface area contributed by atoms with Crippen molar-refractivity contribution in [3.05, 3.63) is 29.3 Å². The van der Waals surface area contributed by atoms with Crippen LogP contribution in [0.4, 0.5) is 31.1 Å². The first kappa shape index (κ1) is 25.2. The number of amides is 1. The van der Waals surface area contributed by atoms with E-state index in [2.05, 4.69) is 5.32 Å². The standard InChI is InChI=1S/C18H22F6N2O4S/c1-16(2,3)30-15(27)25-13-4-6-26(7-5-13)31(28,29)14-9-11(17(19,20)21)8-12(10-14)18(22,23)24/h8-10,13H,4-7H2,1-3H3,(H,25,27). The van der Waals surface area contributed by atoms with Crippen LogP contribution in [0.3, 0.4) is 0 Å². The van der Waals surface area contributed by atoms with Crippen LogP contribution in [0.1, 0.15) is 44.7 Å². The van der Waals surface area contributed by atoms with Gasteiger partial charge in [-0.3, -0.25) is 0 Å². The second-order valence-electron chi connectivity index (χ2n) is 8.07. The van der Waals surface area contributed by atoms with Crippen molar-refractivity contribution in [1.82, 2.24) is 9.62 Å². The third kappa shape index (κ3) is 6.73. The van der Waals surface area contributed by atoms with Gasteiger partial charge in [-0.05, 0) is 51.8 Å². The van der Waals surface area contributed by atoms with E-state index in [1.54, 1.807) is 20.8 Å². The summed E-state index contributed by atoms with van der Waals surface area (Å²) in [5.74, 6) is 0. The van der Waals surface area contributed by atoms with Gasteiger partial charge in [0.25, 0.3) is 0 Å². The molecule has 1 N–H and O–H groups in total. The molecule has 0 aromatic heterocycles. The third-order valence-electron chi connectivity index (χ3n) is 4.37. The normalized spacial score (nSPS) is 17.5. The molecular formula is C18H22F6N2O4S. The number of carbonyl (C=O) groups is 1. The number of nitrogens with one attached hydrogen (secondary N) is 1. The molecule has 0 atom stereocenters. The SMILES string of the molecule is CC(C)(C)OC(=O)NC1CCN(S(=O)(=O)c2cc(C(F)(F)F)cc(C(F)(F)F)c2)CC1. The van der Waals surface area contributed by atoms with Crippen LogP contribution < -0.4 is 5.32 Å². The van der Waals surface area contributed by atoms with Crippen molar-refractivity contribution in [1.29, 1.82) is 0 Å². The summed E-state index contributed by atoms with van der Waals surface area (Å²) in [6, 6.07) is -0.199. The zero-order chi connectivity index (χ0) is 23.8. The molecule has 1 aromatic carbocycles. The highest BCUT2D eigenvalue weighted by Gasteiger charge is 2.39. The van der Waals surface area contributed by atoms with Crippen LogP contribution in [-0.4, -0.2) is 43.5 Å². The van der Waals surface area contributed by atoms with Crippen LogP contribution in [0.2, 0.25) is 0 Å². The molecule has 1 aliphatic rings. The monoisotopic (exact) mass is 476 g/mol. The van der Waals surface area contributed by atoms with E-state index in [1.165, 1.54) is 0 Å². The van der Waals surface area contributed by atoms with Gasteiger partial charge in [-0.1, -0.05) is 0 Å². The molecule has 0 unspecified atom stereocenters. The molecule has 2 rings (SSSR count). The van der Waals surface area contributed by atoms with Crippen LogP contribution in [0, 0.1) is 0 Å². The van der Waals surface area contributed by atoms with Crippen molar-refractivity contribution in [2.75, 3.05) is 13.1 Å². The van der Waals surface area contributed by atoms with Gasteiger partial charge in [0.2, 0.25) is 10.0 Å². The van der Waals surface area contributed by atoms with Gasteiger partial charge >= 0.3 is 18.4 Å². The highest BCUT2D eigenvalue weighted by Crippen LogP contribution is 2.38. The lowest BCUT2D eigenvalue weighted by molar-refractivity contribution is -0.143. The maximum absolute atomic E-state index is 13.0. The van der Waals surface area contributed by atoms with Crippen LogP contribution >= 0.6 is 0 Å². The van der Waals surface area contributed by atoms with E-state index in [4.69, 9.17) is 4.74 Å². The number of nitrogens with zero attached hydrogens (tertiary/aromatic N) is 1. The highest BCUT2D eigenvalue weighted by molar-refractivity contribution is 7.89. The van der Waals surface area contributed by atoms with E-state index in [0.29, 0.717) is 0 Å². The molecule has 31 heavy (non-hydrogen) atoms.